The zero-order chi connectivity index (χ0) is 18.7. The van der Waals surface area contributed by atoms with Crippen molar-refractivity contribution in [3.63, 3.8) is 0 Å². The molecule has 5 heteroatoms. The number of ether oxygens (including phenoxy) is 3. The Kier molecular flexibility index (Phi) is 5.69. The molecule has 1 saturated carbocycles. The van der Waals surface area contributed by atoms with E-state index in [0.717, 1.165) is 69.2 Å². The molecular weight excluding hydrogens is 342 g/mol. The van der Waals surface area contributed by atoms with Crippen molar-refractivity contribution in [2.75, 3.05) is 33.4 Å². The summed E-state index contributed by atoms with van der Waals surface area (Å²) in [6.45, 7) is 3.26. The number of likely N-dealkylation sites (tertiary alicyclic amines) is 1. The van der Waals surface area contributed by atoms with E-state index in [4.69, 9.17) is 14.2 Å². The average Bonchev–Trinajstić information content (AvgIpc) is 3.52. The molecule has 5 nitrogen and oxygen atoms in total. The third-order valence-corrected chi connectivity index (χ3v) is 6.23. The van der Waals surface area contributed by atoms with Gasteiger partial charge in [-0.2, -0.15) is 0 Å². The highest BCUT2D eigenvalue weighted by Gasteiger charge is 2.41. The fourth-order valence-corrected chi connectivity index (χ4v) is 4.26. The summed E-state index contributed by atoms with van der Waals surface area (Å²) in [6.07, 6.45) is 7.25. The summed E-state index contributed by atoms with van der Waals surface area (Å²) in [6, 6.07) is 7.76. The summed E-state index contributed by atoms with van der Waals surface area (Å²) < 4.78 is 17.6. The van der Waals surface area contributed by atoms with Gasteiger partial charge in [-0.05, 0) is 55.7 Å². The maximum absolute atomic E-state index is 12.7. The Balaban J connectivity index is 1.27. The molecule has 3 aliphatic rings. The van der Waals surface area contributed by atoms with Crippen LogP contribution in [0.2, 0.25) is 0 Å². The summed E-state index contributed by atoms with van der Waals surface area (Å²) in [7, 11) is 1.65. The topological polar surface area (TPSA) is 48.0 Å². The van der Waals surface area contributed by atoms with E-state index in [0.29, 0.717) is 12.5 Å². The van der Waals surface area contributed by atoms with Gasteiger partial charge in [0.15, 0.2) is 0 Å². The molecule has 0 bridgehead atoms. The van der Waals surface area contributed by atoms with Crippen LogP contribution in [0.3, 0.4) is 0 Å². The molecule has 1 aromatic rings. The van der Waals surface area contributed by atoms with E-state index >= 15 is 0 Å². The number of amides is 1. The second-order valence-corrected chi connectivity index (χ2v) is 8.33. The summed E-state index contributed by atoms with van der Waals surface area (Å²) in [4.78, 5) is 14.7. The molecule has 1 amide bonds. The SMILES string of the molecule is COc1cccc(CC(=O)N2CCC3(CC2)CC(OCC2CC2)CCO3)c1. The Morgan fingerprint density at radius 3 is 2.81 bits per heavy atom. The van der Waals surface area contributed by atoms with Gasteiger partial charge in [0.2, 0.25) is 5.91 Å². The lowest BCUT2D eigenvalue weighted by molar-refractivity contribution is -0.161. The van der Waals surface area contributed by atoms with Crippen LogP contribution in [0.4, 0.5) is 0 Å². The van der Waals surface area contributed by atoms with Crippen molar-refractivity contribution in [1.82, 2.24) is 4.90 Å². The van der Waals surface area contributed by atoms with Gasteiger partial charge < -0.3 is 19.1 Å². The minimum absolute atomic E-state index is 0.0841. The molecular formula is C22H31NO4. The highest BCUT2D eigenvalue weighted by molar-refractivity contribution is 5.79. The van der Waals surface area contributed by atoms with Crippen molar-refractivity contribution >= 4 is 5.91 Å². The fraction of sp³-hybridized carbons (Fsp3) is 0.682. The Labute approximate surface area is 162 Å². The van der Waals surface area contributed by atoms with Crippen LogP contribution in [-0.4, -0.2) is 55.9 Å². The largest absolute Gasteiger partial charge is 0.497 e. The zero-order valence-corrected chi connectivity index (χ0v) is 16.3. The number of nitrogens with zero attached hydrogens (tertiary/aromatic N) is 1. The highest BCUT2D eigenvalue weighted by atomic mass is 16.5. The lowest BCUT2D eigenvalue weighted by Gasteiger charge is -2.46. The van der Waals surface area contributed by atoms with E-state index in [2.05, 4.69) is 0 Å². The van der Waals surface area contributed by atoms with Crippen LogP contribution < -0.4 is 4.74 Å². The van der Waals surface area contributed by atoms with Gasteiger partial charge >= 0.3 is 0 Å². The van der Waals surface area contributed by atoms with E-state index in [1.54, 1.807) is 7.11 Å². The molecule has 3 fully saturated rings. The van der Waals surface area contributed by atoms with Crippen LogP contribution in [0.15, 0.2) is 24.3 Å². The van der Waals surface area contributed by atoms with Crippen molar-refractivity contribution in [3.8, 4) is 5.75 Å². The molecule has 1 spiro atoms. The van der Waals surface area contributed by atoms with Crippen LogP contribution in [-0.2, 0) is 20.7 Å². The van der Waals surface area contributed by atoms with Gasteiger partial charge in [0.05, 0.1) is 25.2 Å². The Hall–Kier alpha value is -1.59. The molecule has 0 N–H and O–H groups in total. The van der Waals surface area contributed by atoms with E-state index in [1.165, 1.54) is 12.8 Å². The van der Waals surface area contributed by atoms with Crippen molar-refractivity contribution in [1.29, 1.82) is 0 Å². The quantitative estimate of drug-likeness (QED) is 0.768. The van der Waals surface area contributed by atoms with Crippen molar-refractivity contribution in [2.45, 2.75) is 56.7 Å². The maximum Gasteiger partial charge on any atom is 0.226 e. The van der Waals surface area contributed by atoms with Crippen molar-refractivity contribution in [3.05, 3.63) is 29.8 Å². The number of hydrogen-bond acceptors (Lipinski definition) is 4. The number of benzene rings is 1. The summed E-state index contributed by atoms with van der Waals surface area (Å²) in [5, 5.41) is 0. The monoisotopic (exact) mass is 373 g/mol. The van der Waals surface area contributed by atoms with Gasteiger partial charge in [0, 0.05) is 32.7 Å². The molecule has 1 aromatic carbocycles. The predicted octanol–water partition coefficient (Wildman–Crippen LogP) is 3.20. The van der Waals surface area contributed by atoms with Gasteiger partial charge in [-0.15, -0.1) is 0 Å². The molecule has 1 atom stereocenters. The molecule has 0 radical (unpaired) electrons. The molecule has 1 aliphatic carbocycles. The third-order valence-electron chi connectivity index (χ3n) is 6.23. The summed E-state index contributed by atoms with van der Waals surface area (Å²) >= 11 is 0. The van der Waals surface area contributed by atoms with E-state index in [-0.39, 0.29) is 11.5 Å². The van der Waals surface area contributed by atoms with Gasteiger partial charge in [-0.3, -0.25) is 4.79 Å². The second kappa shape index (κ2) is 8.19. The molecule has 0 aromatic heterocycles. The van der Waals surface area contributed by atoms with E-state index < -0.39 is 0 Å². The first-order chi connectivity index (χ1) is 13.2. The standard InChI is InChI=1S/C22H31NO4/c1-25-19-4-2-3-18(13-19)14-21(24)23-10-8-22(9-11-23)15-20(7-12-27-22)26-16-17-5-6-17/h2-4,13,17,20H,5-12,14-16H2,1H3. The fourth-order valence-electron chi connectivity index (χ4n) is 4.26. The lowest BCUT2D eigenvalue weighted by Crippen LogP contribution is -2.52. The van der Waals surface area contributed by atoms with Gasteiger partial charge in [-0.1, -0.05) is 12.1 Å². The number of rotatable bonds is 6. The van der Waals surface area contributed by atoms with Gasteiger partial charge in [-0.25, -0.2) is 0 Å². The molecule has 1 unspecified atom stereocenters. The van der Waals surface area contributed by atoms with Crippen LogP contribution in [0.5, 0.6) is 5.75 Å². The first-order valence-electron chi connectivity index (χ1n) is 10.3. The maximum atomic E-state index is 12.7. The highest BCUT2D eigenvalue weighted by Crippen LogP contribution is 2.37. The molecule has 148 valence electrons. The summed E-state index contributed by atoms with van der Waals surface area (Å²) in [5.41, 5.74) is 0.918. The third kappa shape index (κ3) is 4.82. The average molecular weight is 373 g/mol. The first kappa shape index (κ1) is 18.8. The Morgan fingerprint density at radius 2 is 2.07 bits per heavy atom. The minimum Gasteiger partial charge on any atom is -0.497 e. The first-order valence-corrected chi connectivity index (χ1v) is 10.3. The van der Waals surface area contributed by atoms with Gasteiger partial charge in [0.1, 0.15) is 5.75 Å². The normalized spacial score (nSPS) is 24.8. The molecule has 4 rings (SSSR count). The second-order valence-electron chi connectivity index (χ2n) is 8.33. The number of piperidine rings is 1. The van der Waals surface area contributed by atoms with Crippen molar-refractivity contribution < 1.29 is 19.0 Å². The number of carbonyl (C=O) groups excluding carboxylic acids is 1. The molecule has 2 heterocycles. The van der Waals surface area contributed by atoms with Gasteiger partial charge in [0.25, 0.3) is 0 Å². The summed E-state index contributed by atoms with van der Waals surface area (Å²) in [5.74, 6) is 1.79. The number of methoxy groups -OCH3 is 1. The zero-order valence-electron chi connectivity index (χ0n) is 16.3. The van der Waals surface area contributed by atoms with E-state index in [1.807, 2.05) is 29.2 Å². The predicted molar refractivity (Wildman–Crippen MR) is 103 cm³/mol. The van der Waals surface area contributed by atoms with Crippen molar-refractivity contribution in [2.24, 2.45) is 5.92 Å². The minimum atomic E-state index is -0.0841. The smallest absolute Gasteiger partial charge is 0.226 e. The Morgan fingerprint density at radius 1 is 1.26 bits per heavy atom. The number of hydrogen-bond donors (Lipinski definition) is 0. The molecule has 27 heavy (non-hydrogen) atoms. The van der Waals surface area contributed by atoms with Crippen LogP contribution in [0, 0.1) is 5.92 Å². The van der Waals surface area contributed by atoms with Crippen LogP contribution in [0.1, 0.15) is 44.1 Å². The number of carbonyl (C=O) groups is 1. The molecule has 2 saturated heterocycles. The van der Waals surface area contributed by atoms with E-state index in [9.17, 15) is 4.79 Å². The molecule has 2 aliphatic heterocycles. The Bertz CT molecular complexity index is 649. The lowest BCUT2D eigenvalue weighted by atomic mass is 9.83. The van der Waals surface area contributed by atoms with Crippen LogP contribution >= 0.6 is 0 Å². The van der Waals surface area contributed by atoms with Crippen LogP contribution in [0.25, 0.3) is 0 Å².